The Hall–Kier alpha value is -2.17. The number of hydrogen-bond acceptors (Lipinski definition) is 3. The van der Waals surface area contributed by atoms with Crippen LogP contribution in [0.15, 0.2) is 37.6 Å². The van der Waals surface area contributed by atoms with Crippen LogP contribution in [0.4, 0.5) is 0 Å². The Kier molecular flexibility index (Phi) is 4.69. The van der Waals surface area contributed by atoms with E-state index in [0.29, 0.717) is 0 Å². The Morgan fingerprint density at radius 1 is 1.33 bits per heavy atom. The average molecular weight is 324 g/mol. The maximum Gasteiger partial charge on any atom is 0.150 e. The Labute approximate surface area is 143 Å². The molecule has 3 heterocycles. The van der Waals surface area contributed by atoms with Gasteiger partial charge >= 0.3 is 0 Å². The molecule has 1 saturated heterocycles. The van der Waals surface area contributed by atoms with Crippen molar-refractivity contribution in [2.24, 2.45) is 0 Å². The van der Waals surface area contributed by atoms with Gasteiger partial charge in [0.05, 0.1) is 13.2 Å². The molecule has 0 bridgehead atoms. The first-order chi connectivity index (χ1) is 11.6. The summed E-state index contributed by atoms with van der Waals surface area (Å²) in [6.45, 7) is 15.4. The summed E-state index contributed by atoms with van der Waals surface area (Å²) >= 11 is 0. The van der Waals surface area contributed by atoms with Crippen LogP contribution in [0.5, 0.6) is 0 Å². The van der Waals surface area contributed by atoms with Crippen molar-refractivity contribution < 1.29 is 9.53 Å². The third-order valence-corrected chi connectivity index (χ3v) is 4.96. The van der Waals surface area contributed by atoms with Gasteiger partial charge in [-0.3, -0.25) is 9.69 Å². The lowest BCUT2D eigenvalue weighted by Gasteiger charge is -2.33. The second kappa shape index (κ2) is 6.75. The number of morpholine rings is 1. The van der Waals surface area contributed by atoms with Gasteiger partial charge in [0.1, 0.15) is 6.29 Å². The molecule has 24 heavy (non-hydrogen) atoms. The molecule has 0 aliphatic carbocycles. The lowest BCUT2D eigenvalue weighted by molar-refractivity contribution is 0.0187. The van der Waals surface area contributed by atoms with Crippen LogP contribution in [0, 0.1) is 6.92 Å². The van der Waals surface area contributed by atoms with E-state index in [4.69, 9.17) is 4.74 Å². The van der Waals surface area contributed by atoms with Crippen molar-refractivity contribution in [1.29, 1.82) is 0 Å². The van der Waals surface area contributed by atoms with Crippen LogP contribution in [-0.2, 0) is 4.74 Å². The predicted molar refractivity (Wildman–Crippen MR) is 97.6 cm³/mol. The lowest BCUT2D eigenvalue weighted by atomic mass is 10.0. The molecule has 0 aromatic carbocycles. The Bertz CT molecular complexity index is 798. The van der Waals surface area contributed by atoms with E-state index < -0.39 is 0 Å². The van der Waals surface area contributed by atoms with E-state index in [1.165, 1.54) is 0 Å². The number of ether oxygens (including phenoxy) is 1. The summed E-state index contributed by atoms with van der Waals surface area (Å²) in [6, 6.07) is 4.21. The zero-order valence-electron chi connectivity index (χ0n) is 14.4. The van der Waals surface area contributed by atoms with Gasteiger partial charge in [-0.15, -0.1) is 0 Å². The Morgan fingerprint density at radius 3 is 2.67 bits per heavy atom. The van der Waals surface area contributed by atoms with Crippen molar-refractivity contribution in [3.63, 3.8) is 0 Å². The van der Waals surface area contributed by atoms with E-state index in [2.05, 4.69) is 41.6 Å². The number of carbonyl (C=O) groups excluding carboxylic acids is 1. The van der Waals surface area contributed by atoms with E-state index in [1.54, 1.807) is 6.08 Å². The molecule has 0 amide bonds. The third-order valence-electron chi connectivity index (χ3n) is 4.96. The molecule has 3 rings (SSSR count). The average Bonchev–Trinajstić information content (AvgIpc) is 3.04. The number of rotatable bonds is 5. The molecule has 2 aromatic rings. The number of allylic oxidation sites excluding steroid dienone is 2. The van der Waals surface area contributed by atoms with Crippen LogP contribution >= 0.6 is 0 Å². The molecule has 1 fully saturated rings. The molecule has 2 aromatic heterocycles. The number of carbonyl (C=O) groups is 1. The highest BCUT2D eigenvalue weighted by Crippen LogP contribution is 2.30. The fourth-order valence-corrected chi connectivity index (χ4v) is 3.46. The summed E-state index contributed by atoms with van der Waals surface area (Å²) in [4.78, 5) is 13.9. The first-order valence-electron chi connectivity index (χ1n) is 8.31. The SMILES string of the molecule is C=CC(=C)c1cc2cc(C=O)c(C)c(C(C)N3CCOCC3)n2c1. The van der Waals surface area contributed by atoms with Gasteiger partial charge in [0.2, 0.25) is 0 Å². The highest BCUT2D eigenvalue weighted by Gasteiger charge is 2.23. The standard InChI is InChI=1S/C20H24N2O2/c1-5-14(2)17-10-19-11-18(13-23)15(3)20(22(19)12-17)16(4)21-6-8-24-9-7-21/h5,10-13,16H,1-2,6-9H2,3-4H3. The van der Waals surface area contributed by atoms with E-state index in [-0.39, 0.29) is 6.04 Å². The molecule has 126 valence electrons. The van der Waals surface area contributed by atoms with E-state index in [1.807, 2.05) is 13.0 Å². The molecule has 0 N–H and O–H groups in total. The molecule has 0 saturated carbocycles. The minimum Gasteiger partial charge on any atom is -0.379 e. The van der Waals surface area contributed by atoms with E-state index >= 15 is 0 Å². The number of nitrogens with zero attached hydrogens (tertiary/aromatic N) is 2. The van der Waals surface area contributed by atoms with Gasteiger partial charge < -0.3 is 9.14 Å². The van der Waals surface area contributed by atoms with Crippen LogP contribution in [0.25, 0.3) is 11.1 Å². The highest BCUT2D eigenvalue weighted by molar-refractivity contribution is 5.82. The minimum atomic E-state index is 0.202. The van der Waals surface area contributed by atoms with Crippen LogP contribution in [0.2, 0.25) is 0 Å². The molecule has 0 radical (unpaired) electrons. The molecular weight excluding hydrogens is 300 g/mol. The number of fused-ring (bicyclic) bond motifs is 1. The summed E-state index contributed by atoms with van der Waals surface area (Å²) in [5.41, 5.74) is 5.85. The smallest absolute Gasteiger partial charge is 0.150 e. The summed E-state index contributed by atoms with van der Waals surface area (Å²) in [7, 11) is 0. The third kappa shape index (κ3) is 2.83. The second-order valence-corrected chi connectivity index (χ2v) is 6.31. The first kappa shape index (κ1) is 16.7. The minimum absolute atomic E-state index is 0.202. The molecule has 1 unspecified atom stereocenters. The molecule has 1 atom stereocenters. The molecule has 0 spiro atoms. The number of aromatic nitrogens is 1. The van der Waals surface area contributed by atoms with Crippen molar-refractivity contribution in [2.75, 3.05) is 26.3 Å². The summed E-state index contributed by atoms with van der Waals surface area (Å²) in [6.07, 6.45) is 4.79. The van der Waals surface area contributed by atoms with Gasteiger partial charge in [0.15, 0.2) is 0 Å². The van der Waals surface area contributed by atoms with Crippen molar-refractivity contribution in [3.8, 4) is 0 Å². The summed E-state index contributed by atoms with van der Waals surface area (Å²) < 4.78 is 7.66. The van der Waals surface area contributed by atoms with Crippen LogP contribution in [0.3, 0.4) is 0 Å². The quantitative estimate of drug-likeness (QED) is 0.622. The van der Waals surface area contributed by atoms with Crippen molar-refractivity contribution >= 4 is 17.4 Å². The Balaban J connectivity index is 2.17. The van der Waals surface area contributed by atoms with E-state index in [0.717, 1.165) is 66.1 Å². The van der Waals surface area contributed by atoms with E-state index in [9.17, 15) is 4.79 Å². The number of hydrogen-bond donors (Lipinski definition) is 0. The predicted octanol–water partition coefficient (Wildman–Crippen LogP) is 3.65. The largest absolute Gasteiger partial charge is 0.379 e. The molecule has 4 heteroatoms. The van der Waals surface area contributed by atoms with Crippen LogP contribution in [-0.4, -0.2) is 41.9 Å². The van der Waals surface area contributed by atoms with Crippen molar-refractivity contribution in [2.45, 2.75) is 19.9 Å². The fraction of sp³-hybridized carbons (Fsp3) is 0.350. The molecule has 4 nitrogen and oxygen atoms in total. The molecular formula is C20H24N2O2. The van der Waals surface area contributed by atoms with Crippen molar-refractivity contribution in [1.82, 2.24) is 9.30 Å². The normalized spacial score (nSPS) is 16.9. The first-order valence-corrected chi connectivity index (χ1v) is 8.31. The van der Waals surface area contributed by atoms with Gasteiger partial charge in [0, 0.05) is 42.1 Å². The number of pyridine rings is 1. The van der Waals surface area contributed by atoms with Gasteiger partial charge in [-0.1, -0.05) is 19.2 Å². The maximum atomic E-state index is 11.5. The molecule has 1 aliphatic heterocycles. The summed E-state index contributed by atoms with van der Waals surface area (Å²) in [5, 5.41) is 0. The van der Waals surface area contributed by atoms with Gasteiger partial charge in [-0.25, -0.2) is 0 Å². The Morgan fingerprint density at radius 2 is 2.04 bits per heavy atom. The lowest BCUT2D eigenvalue weighted by Crippen LogP contribution is -2.38. The zero-order chi connectivity index (χ0) is 17.3. The van der Waals surface area contributed by atoms with Crippen LogP contribution < -0.4 is 0 Å². The monoisotopic (exact) mass is 324 g/mol. The number of aldehydes is 1. The van der Waals surface area contributed by atoms with Gasteiger partial charge in [0.25, 0.3) is 0 Å². The topological polar surface area (TPSA) is 34.0 Å². The summed E-state index contributed by atoms with van der Waals surface area (Å²) in [5.74, 6) is 0. The maximum absolute atomic E-state index is 11.5. The van der Waals surface area contributed by atoms with Gasteiger partial charge in [-0.2, -0.15) is 0 Å². The van der Waals surface area contributed by atoms with Gasteiger partial charge in [-0.05, 0) is 42.7 Å². The van der Waals surface area contributed by atoms with Crippen LogP contribution in [0.1, 0.15) is 40.1 Å². The fourth-order valence-electron chi connectivity index (χ4n) is 3.46. The second-order valence-electron chi connectivity index (χ2n) is 6.31. The highest BCUT2D eigenvalue weighted by atomic mass is 16.5. The zero-order valence-corrected chi connectivity index (χ0v) is 14.4. The van der Waals surface area contributed by atoms with Crippen molar-refractivity contribution in [3.05, 3.63) is 59.9 Å². The molecule has 1 aliphatic rings.